The zero-order chi connectivity index (χ0) is 52.5. The Balaban J connectivity index is 0.000000293. The van der Waals surface area contributed by atoms with E-state index in [1.54, 1.807) is 35.2 Å². The summed E-state index contributed by atoms with van der Waals surface area (Å²) < 4.78 is 54.4. The molecule has 6 atom stereocenters. The van der Waals surface area contributed by atoms with Crippen LogP contribution in [0.1, 0.15) is 101 Å². The second-order valence-corrected chi connectivity index (χ2v) is 19.7. The molecule has 15 nitrogen and oxygen atoms in total. The number of fused-ring (bicyclic) bond motifs is 4. The van der Waals surface area contributed by atoms with Crippen molar-refractivity contribution in [2.45, 2.75) is 101 Å². The zero-order valence-electron chi connectivity index (χ0n) is 42.3. The summed E-state index contributed by atoms with van der Waals surface area (Å²) in [5.41, 5.74) is 2.94. The van der Waals surface area contributed by atoms with Crippen LogP contribution in [0.3, 0.4) is 0 Å². The molecule has 23 heteroatoms. The van der Waals surface area contributed by atoms with Crippen molar-refractivity contribution >= 4 is 90.1 Å². The molecule has 4 aliphatic heterocycles. The second kappa shape index (κ2) is 28.3. The first kappa shape index (κ1) is 61.5. The number of carbonyl (C=O) groups excluding carboxylic acids is 7. The van der Waals surface area contributed by atoms with Gasteiger partial charge in [0.2, 0.25) is 23.0 Å². The maximum absolute atomic E-state index is 13.4. The maximum atomic E-state index is 13.4. The Kier molecular flexibility index (Phi) is 23.8. The van der Waals surface area contributed by atoms with Gasteiger partial charge in [0, 0.05) is 45.0 Å². The number of ether oxygens (including phenoxy) is 2. The summed E-state index contributed by atoms with van der Waals surface area (Å²) >= 11 is 10.0. The van der Waals surface area contributed by atoms with Gasteiger partial charge in [-0.2, -0.15) is 0 Å². The number of nitrogens with zero attached hydrogens (tertiary/aromatic N) is 3. The van der Waals surface area contributed by atoms with Gasteiger partial charge < -0.3 is 30.8 Å². The van der Waals surface area contributed by atoms with E-state index in [1.165, 1.54) is 24.3 Å². The Morgan fingerprint density at radius 1 is 0.781 bits per heavy atom. The van der Waals surface area contributed by atoms with E-state index in [2.05, 4.69) is 64.9 Å². The first-order valence-corrected chi connectivity index (χ1v) is 25.0. The van der Waals surface area contributed by atoms with Crippen LogP contribution in [-0.4, -0.2) is 88.1 Å². The maximum Gasteiger partial charge on any atom is 1.00 e. The SMILES string of the molecule is C[C@H]1CC[C@@H](c2ccc(F)cc2)N1C(=O)CBr.C[C@H]1CC[C@@H](c2ccc(F)cc2)N1C(=O)CN1C(=O)O[C@@]2(CCc3cc(Br)ccc32)C1=O.O=C1NC(=O)[C@]2(CCc3cc(Br)ccc32)O1.O=CO[O-].[2H]CF.[H-].[K+].[K+]. The van der Waals surface area contributed by atoms with Gasteiger partial charge in [0.25, 0.3) is 18.3 Å². The van der Waals surface area contributed by atoms with Crippen molar-refractivity contribution in [3.63, 3.8) is 0 Å². The minimum Gasteiger partial charge on any atom is -1.00 e. The molecule has 6 aliphatic rings. The fourth-order valence-electron chi connectivity index (χ4n) is 10.1. The van der Waals surface area contributed by atoms with Crippen LogP contribution >= 0.6 is 47.8 Å². The van der Waals surface area contributed by atoms with E-state index in [1.807, 2.05) is 42.2 Å². The fraction of sp³-hybridized carbons (Fsp3) is 0.380. The summed E-state index contributed by atoms with van der Waals surface area (Å²) in [6.45, 7) is 3.45. The predicted molar refractivity (Wildman–Crippen MR) is 260 cm³/mol. The third-order valence-corrected chi connectivity index (χ3v) is 14.8. The van der Waals surface area contributed by atoms with Gasteiger partial charge in [-0.15, -0.1) is 0 Å². The van der Waals surface area contributed by atoms with Crippen molar-refractivity contribution in [3.8, 4) is 0 Å². The Labute approximate surface area is 533 Å². The molecule has 4 aromatic rings. The number of rotatable bonds is 6. The molecule has 0 aromatic heterocycles. The molecular weight excluding hydrogens is 1210 g/mol. The molecule has 0 radical (unpaired) electrons. The van der Waals surface area contributed by atoms with E-state index in [4.69, 9.17) is 20.9 Å². The van der Waals surface area contributed by atoms with Crippen LogP contribution in [-0.2, 0) is 62.4 Å². The summed E-state index contributed by atoms with van der Waals surface area (Å²) in [5.74, 6) is -1.62. The summed E-state index contributed by atoms with van der Waals surface area (Å²) in [5, 5.41) is 11.0. The van der Waals surface area contributed by atoms with Crippen molar-refractivity contribution < 1.29 is 172 Å². The molecule has 380 valence electrons. The number of hydrogen-bond donors (Lipinski definition) is 1. The summed E-state index contributed by atoms with van der Waals surface area (Å²) in [7, 11) is -1.00. The molecule has 4 fully saturated rings. The molecule has 10 rings (SSSR count). The Morgan fingerprint density at radius 3 is 1.64 bits per heavy atom. The van der Waals surface area contributed by atoms with E-state index in [0.717, 1.165) is 73.8 Å². The van der Waals surface area contributed by atoms with E-state index in [0.29, 0.717) is 30.2 Å². The summed E-state index contributed by atoms with van der Waals surface area (Å²) in [6, 6.07) is 23.8. The molecule has 6 amide bonds. The largest absolute Gasteiger partial charge is 1.00 e. The van der Waals surface area contributed by atoms with Gasteiger partial charge in [0.05, 0.1) is 25.9 Å². The van der Waals surface area contributed by atoms with E-state index in [-0.39, 0.29) is 171 Å². The Bertz CT molecular complexity index is 2690. The van der Waals surface area contributed by atoms with Gasteiger partial charge in [-0.05, 0) is 123 Å². The van der Waals surface area contributed by atoms with Crippen molar-refractivity contribution in [1.82, 2.24) is 20.0 Å². The molecule has 2 aliphatic carbocycles. The first-order valence-electron chi connectivity index (χ1n) is 23.0. The van der Waals surface area contributed by atoms with Crippen molar-refractivity contribution in [3.05, 3.63) is 139 Å². The van der Waals surface area contributed by atoms with Gasteiger partial charge in [0.15, 0.2) is 0 Å². The summed E-state index contributed by atoms with van der Waals surface area (Å²) in [6.07, 6.45) is 4.29. The van der Waals surface area contributed by atoms with Gasteiger partial charge >= 0.3 is 115 Å². The van der Waals surface area contributed by atoms with Crippen LogP contribution in [0.2, 0.25) is 0 Å². The topological polar surface area (TPSA) is 192 Å². The number of carbonyl (C=O) groups is 7. The molecule has 0 saturated carbocycles. The molecule has 4 heterocycles. The smallest absolute Gasteiger partial charge is 1.00 e. The normalized spacial score (nSPS) is 23.7. The number of aryl methyl sites for hydroxylation is 2. The average Bonchev–Trinajstić information content (AvgIpc) is 4.21. The van der Waals surface area contributed by atoms with Crippen LogP contribution in [0.25, 0.3) is 0 Å². The summed E-state index contributed by atoms with van der Waals surface area (Å²) in [4.78, 5) is 90.0. The number of halogens is 6. The average molecular weight is 1260 g/mol. The fourth-order valence-corrected chi connectivity index (χ4v) is 11.2. The van der Waals surface area contributed by atoms with E-state index >= 15 is 0 Å². The molecular formula is C50H50Br3F3K2N4O11. The van der Waals surface area contributed by atoms with Crippen molar-refractivity contribution in [1.29, 1.82) is 0 Å². The number of amides is 6. The van der Waals surface area contributed by atoms with E-state index in [9.17, 15) is 41.9 Å². The standard InChI is InChI=1S/C24H22BrFN2O4.C13H15BrFNO.C11H8BrNO3.CH3F.CH2O3.2K.H/c1-14-2-9-20(15-3-6-18(26)7-4-15)28(14)21(29)13-27-22(30)24(32-23(27)31)11-10-16-12-17(25)5-8-19(16)24;1-9-2-7-12(16(9)13(17)8-14)10-3-5-11(15)6-4-10;12-7-1-2-8-6(5-7)3-4-11(8)9(14)13-10(15)16-11;1-2;2-1-4-3;;;/h3-8,12,14,20H,2,9-11,13H2,1H3;3-6,9,12H,2,7-8H2,1H3;1-2,5H,3-4H2,(H,13,14,15);1H3;1,3H;;;/q;;;;;2*+1;-1/p-1/t14-,20-,24+;9-,12-;11-;;;;;/m001...../s1/i;;;1D;;;;. The minimum atomic E-state index is -1.35. The Hall–Kier alpha value is -2.37. The quantitative estimate of drug-likeness (QED) is 0.0983. The van der Waals surface area contributed by atoms with Gasteiger partial charge in [0.1, 0.15) is 18.2 Å². The van der Waals surface area contributed by atoms with Crippen LogP contribution in [0.15, 0.2) is 93.9 Å². The molecule has 0 unspecified atom stereocenters. The second-order valence-electron chi connectivity index (χ2n) is 17.3. The Morgan fingerprint density at radius 2 is 1.22 bits per heavy atom. The van der Waals surface area contributed by atoms with Crippen LogP contribution in [0, 0.1) is 11.6 Å². The molecule has 0 bridgehead atoms. The first-order chi connectivity index (χ1) is 34.4. The number of alkyl carbamates (subject to hydrolysis) is 1. The third-order valence-electron chi connectivity index (χ3n) is 13.3. The van der Waals surface area contributed by atoms with Gasteiger partial charge in [-0.25, -0.2) is 23.3 Å². The third kappa shape index (κ3) is 14.0. The number of likely N-dealkylation sites (tertiary alicyclic amines) is 2. The van der Waals surface area contributed by atoms with Crippen LogP contribution in [0.4, 0.5) is 22.8 Å². The van der Waals surface area contributed by atoms with Gasteiger partial charge in [-0.3, -0.25) is 33.7 Å². The number of benzene rings is 4. The number of imide groups is 2. The molecule has 4 aromatic carbocycles. The predicted octanol–water partition coefficient (Wildman–Crippen LogP) is 2.73. The van der Waals surface area contributed by atoms with Crippen molar-refractivity contribution in [2.75, 3.05) is 19.0 Å². The number of hydrogen-bond acceptors (Lipinski definition) is 11. The molecule has 73 heavy (non-hydrogen) atoms. The number of nitrogens with one attached hydrogen (secondary N) is 1. The molecule has 1 N–H and O–H groups in total. The van der Waals surface area contributed by atoms with Crippen molar-refractivity contribution in [2.24, 2.45) is 0 Å². The van der Waals surface area contributed by atoms with Crippen LogP contribution < -0.4 is 113 Å². The monoisotopic (exact) mass is 1260 g/mol. The van der Waals surface area contributed by atoms with Crippen LogP contribution in [0.5, 0.6) is 0 Å². The minimum absolute atomic E-state index is 0. The van der Waals surface area contributed by atoms with E-state index < -0.39 is 36.4 Å². The molecule has 4 saturated heterocycles. The number of alkyl halides is 2. The zero-order valence-corrected chi connectivity index (χ0v) is 51.4. The molecule has 2 spiro atoms. The van der Waals surface area contributed by atoms with Gasteiger partial charge in [-0.1, -0.05) is 84.2 Å².